The van der Waals surface area contributed by atoms with E-state index in [1.54, 1.807) is 0 Å². The van der Waals surface area contributed by atoms with Gasteiger partial charge in [-0.25, -0.2) is 14.8 Å². The van der Waals surface area contributed by atoms with E-state index in [0.29, 0.717) is 13.2 Å². The van der Waals surface area contributed by atoms with Crippen molar-refractivity contribution >= 4 is 11.9 Å². The number of nitrogens with one attached hydrogen (secondary N) is 3. The molecule has 1 aliphatic carbocycles. The lowest BCUT2D eigenvalue weighted by atomic mass is 9.74. The summed E-state index contributed by atoms with van der Waals surface area (Å²) >= 11 is 0. The number of carbonyl (C=O) groups is 1. The Kier molecular flexibility index (Phi) is 4.47. The van der Waals surface area contributed by atoms with E-state index >= 15 is 0 Å². The smallest absolute Gasteiger partial charge is 0.323 e. The molecule has 144 valence electrons. The van der Waals surface area contributed by atoms with Crippen LogP contribution in [0.1, 0.15) is 48.1 Å². The number of H-pyrrole nitrogens is 2. The number of nitrogens with zero attached hydrogens (tertiary/aromatic N) is 3. The molecule has 1 saturated heterocycles. The Morgan fingerprint density at radius 1 is 1.37 bits per heavy atom. The quantitative estimate of drug-likeness (QED) is 0.733. The molecule has 3 N–H and O–H groups in total. The summed E-state index contributed by atoms with van der Waals surface area (Å²) in [6.07, 6.45) is 4.81. The van der Waals surface area contributed by atoms with E-state index in [1.807, 2.05) is 6.20 Å². The normalized spacial score (nSPS) is 21.6. The van der Waals surface area contributed by atoms with E-state index in [4.69, 9.17) is 9.72 Å². The number of carbonyl (C=O) groups excluding carboxylic acids is 1. The molecular weight excluding hydrogens is 348 g/mol. The van der Waals surface area contributed by atoms with Crippen LogP contribution in [0.15, 0.2) is 17.2 Å². The molecule has 1 fully saturated rings. The summed E-state index contributed by atoms with van der Waals surface area (Å²) in [5.74, 6) is 0.397. The summed E-state index contributed by atoms with van der Waals surface area (Å²) in [4.78, 5) is 40.2. The minimum Gasteiger partial charge on any atom is -0.378 e. The average molecular weight is 372 g/mol. The predicted molar refractivity (Wildman–Crippen MR) is 98.8 cm³/mol. The van der Waals surface area contributed by atoms with Gasteiger partial charge in [-0.2, -0.15) is 0 Å². The predicted octanol–water partition coefficient (Wildman–Crippen LogP) is 0.773. The first-order valence-corrected chi connectivity index (χ1v) is 9.18. The number of amides is 1. The van der Waals surface area contributed by atoms with Crippen LogP contribution in [0.4, 0.5) is 5.95 Å². The van der Waals surface area contributed by atoms with Crippen LogP contribution in [0.3, 0.4) is 0 Å². The summed E-state index contributed by atoms with van der Waals surface area (Å²) in [5.41, 5.74) is 1.72. The number of hydrogen-bond donors (Lipinski definition) is 3. The van der Waals surface area contributed by atoms with Gasteiger partial charge in [-0.3, -0.25) is 4.79 Å². The zero-order valence-corrected chi connectivity index (χ0v) is 15.5. The summed E-state index contributed by atoms with van der Waals surface area (Å²) in [6, 6.07) is -0.201. The summed E-state index contributed by atoms with van der Waals surface area (Å²) in [5, 5.41) is 3.02. The fourth-order valence-electron chi connectivity index (χ4n) is 3.77. The van der Waals surface area contributed by atoms with Crippen molar-refractivity contribution in [1.82, 2.24) is 25.3 Å². The third kappa shape index (κ3) is 3.73. The second-order valence-electron chi connectivity index (χ2n) is 7.90. The second-order valence-corrected chi connectivity index (χ2v) is 7.90. The molecule has 0 aromatic carbocycles. The standard InChI is InChI=1S/C18H24N6O3/c1-18(2)7-12(21-15(25)14-10-20-17(26)23-14)11-9-19-16(22-13(11)8-18)24-3-5-27-6-4-24/h9-10,12H,3-8H2,1-2H3,(H,21,25)(H2,20,23,26)/t12-/m1/s1. The maximum absolute atomic E-state index is 12.5. The van der Waals surface area contributed by atoms with E-state index in [1.165, 1.54) is 6.20 Å². The lowest BCUT2D eigenvalue weighted by Gasteiger charge is -2.37. The number of fused-ring (bicyclic) bond motifs is 1. The molecular formula is C18H24N6O3. The van der Waals surface area contributed by atoms with Gasteiger partial charge < -0.3 is 24.9 Å². The van der Waals surface area contributed by atoms with Gasteiger partial charge in [0, 0.05) is 31.0 Å². The number of hydrogen-bond acceptors (Lipinski definition) is 6. The molecule has 0 spiro atoms. The number of imidazole rings is 1. The van der Waals surface area contributed by atoms with E-state index in [2.05, 4.69) is 39.0 Å². The van der Waals surface area contributed by atoms with Crippen LogP contribution in [-0.2, 0) is 11.2 Å². The first-order valence-electron chi connectivity index (χ1n) is 9.18. The van der Waals surface area contributed by atoms with Crippen LogP contribution in [-0.4, -0.2) is 52.1 Å². The SMILES string of the molecule is CC1(C)Cc2nc(N3CCOCC3)ncc2[C@H](NC(=O)c2c[nH]c(=O)[nH]2)C1. The molecule has 1 atom stereocenters. The second kappa shape index (κ2) is 6.80. The highest BCUT2D eigenvalue weighted by Crippen LogP contribution is 2.40. The molecule has 9 nitrogen and oxygen atoms in total. The minimum atomic E-state index is -0.400. The molecule has 0 bridgehead atoms. The molecule has 1 aliphatic heterocycles. The highest BCUT2D eigenvalue weighted by atomic mass is 16.5. The van der Waals surface area contributed by atoms with Crippen molar-refractivity contribution in [2.75, 3.05) is 31.2 Å². The largest absolute Gasteiger partial charge is 0.378 e. The Morgan fingerprint density at radius 2 is 2.15 bits per heavy atom. The monoisotopic (exact) mass is 372 g/mol. The summed E-state index contributed by atoms with van der Waals surface area (Å²) in [7, 11) is 0. The Labute approximate surface area is 156 Å². The zero-order valence-electron chi connectivity index (χ0n) is 15.5. The van der Waals surface area contributed by atoms with Gasteiger partial charge in [-0.1, -0.05) is 13.8 Å². The third-order valence-corrected chi connectivity index (χ3v) is 5.11. The maximum Gasteiger partial charge on any atom is 0.323 e. The summed E-state index contributed by atoms with van der Waals surface area (Å²) in [6.45, 7) is 7.26. The van der Waals surface area contributed by atoms with Crippen LogP contribution < -0.4 is 15.9 Å². The Hall–Kier alpha value is -2.68. The molecule has 0 saturated carbocycles. The van der Waals surface area contributed by atoms with Crippen molar-refractivity contribution in [1.29, 1.82) is 0 Å². The highest BCUT2D eigenvalue weighted by Gasteiger charge is 2.35. The molecule has 0 radical (unpaired) electrons. The first kappa shape index (κ1) is 17.7. The third-order valence-electron chi connectivity index (χ3n) is 5.11. The van der Waals surface area contributed by atoms with Gasteiger partial charge in [0.2, 0.25) is 5.95 Å². The number of anilines is 1. The van der Waals surface area contributed by atoms with Crippen molar-refractivity contribution in [2.45, 2.75) is 32.7 Å². The van der Waals surface area contributed by atoms with Gasteiger partial charge in [-0.05, 0) is 18.3 Å². The molecule has 2 aromatic rings. The van der Waals surface area contributed by atoms with Crippen molar-refractivity contribution in [3.05, 3.63) is 39.8 Å². The molecule has 2 aliphatic rings. The van der Waals surface area contributed by atoms with Gasteiger partial charge in [0.25, 0.3) is 5.91 Å². The fourth-order valence-corrected chi connectivity index (χ4v) is 3.77. The lowest BCUT2D eigenvalue weighted by Crippen LogP contribution is -2.39. The lowest BCUT2D eigenvalue weighted by molar-refractivity contribution is 0.0914. The highest BCUT2D eigenvalue weighted by molar-refractivity contribution is 5.92. The van der Waals surface area contributed by atoms with E-state index in [9.17, 15) is 9.59 Å². The maximum atomic E-state index is 12.5. The Bertz CT molecular complexity index is 896. The molecule has 27 heavy (non-hydrogen) atoms. The van der Waals surface area contributed by atoms with Gasteiger partial charge in [0.15, 0.2) is 0 Å². The molecule has 4 rings (SSSR count). The van der Waals surface area contributed by atoms with E-state index in [0.717, 1.165) is 43.1 Å². The number of aromatic amines is 2. The molecule has 1 amide bonds. The minimum absolute atomic E-state index is 0.00681. The van der Waals surface area contributed by atoms with Gasteiger partial charge in [0.05, 0.1) is 24.9 Å². The van der Waals surface area contributed by atoms with Crippen molar-refractivity contribution < 1.29 is 9.53 Å². The van der Waals surface area contributed by atoms with Crippen LogP contribution >= 0.6 is 0 Å². The Balaban J connectivity index is 1.60. The zero-order chi connectivity index (χ0) is 19.0. The molecule has 2 aromatic heterocycles. The molecule has 9 heteroatoms. The molecule has 3 heterocycles. The van der Waals surface area contributed by atoms with Crippen LogP contribution in [0.2, 0.25) is 0 Å². The van der Waals surface area contributed by atoms with Crippen LogP contribution in [0.25, 0.3) is 0 Å². The number of rotatable bonds is 3. The first-order chi connectivity index (χ1) is 12.9. The van der Waals surface area contributed by atoms with Crippen LogP contribution in [0, 0.1) is 5.41 Å². The van der Waals surface area contributed by atoms with Gasteiger partial charge in [-0.15, -0.1) is 0 Å². The van der Waals surface area contributed by atoms with E-state index in [-0.39, 0.29) is 23.1 Å². The van der Waals surface area contributed by atoms with Crippen LogP contribution in [0.5, 0.6) is 0 Å². The Morgan fingerprint density at radius 3 is 2.85 bits per heavy atom. The van der Waals surface area contributed by atoms with Crippen molar-refractivity contribution in [3.63, 3.8) is 0 Å². The van der Waals surface area contributed by atoms with Crippen molar-refractivity contribution in [2.24, 2.45) is 5.41 Å². The fraction of sp³-hybridized carbons (Fsp3) is 0.556. The average Bonchev–Trinajstić information content (AvgIpc) is 3.07. The molecule has 0 unspecified atom stereocenters. The van der Waals surface area contributed by atoms with Gasteiger partial charge >= 0.3 is 5.69 Å². The number of ether oxygens (including phenoxy) is 1. The number of aromatic nitrogens is 4. The topological polar surface area (TPSA) is 116 Å². The summed E-state index contributed by atoms with van der Waals surface area (Å²) < 4.78 is 5.40. The van der Waals surface area contributed by atoms with E-state index < -0.39 is 5.69 Å². The van der Waals surface area contributed by atoms with Gasteiger partial charge in [0.1, 0.15) is 5.69 Å². The number of morpholine rings is 1. The van der Waals surface area contributed by atoms with Crippen molar-refractivity contribution in [3.8, 4) is 0 Å².